The van der Waals surface area contributed by atoms with Crippen molar-refractivity contribution in [2.24, 2.45) is 5.73 Å². The van der Waals surface area contributed by atoms with E-state index in [1.54, 1.807) is 6.07 Å². The van der Waals surface area contributed by atoms with Crippen molar-refractivity contribution in [3.63, 3.8) is 0 Å². The van der Waals surface area contributed by atoms with Gasteiger partial charge in [-0.25, -0.2) is 4.39 Å². The molecule has 3 nitrogen and oxygen atoms in total. The van der Waals surface area contributed by atoms with Crippen molar-refractivity contribution < 1.29 is 9.13 Å². The van der Waals surface area contributed by atoms with E-state index >= 15 is 0 Å². The van der Waals surface area contributed by atoms with Crippen LogP contribution in [-0.4, -0.2) is 12.4 Å². The Morgan fingerprint density at radius 3 is 2.85 bits per heavy atom. The summed E-state index contributed by atoms with van der Waals surface area (Å²) in [4.78, 5) is 0. The van der Waals surface area contributed by atoms with Crippen LogP contribution in [0.3, 0.4) is 0 Å². The van der Waals surface area contributed by atoms with Crippen molar-refractivity contribution in [1.82, 2.24) is 0 Å². The fourth-order valence-electron chi connectivity index (χ4n) is 0.748. The van der Waals surface area contributed by atoms with Crippen LogP contribution >= 0.6 is 15.9 Å². The summed E-state index contributed by atoms with van der Waals surface area (Å²) in [7, 11) is 0. The van der Waals surface area contributed by atoms with Crippen molar-refractivity contribution in [2.45, 2.75) is 0 Å². The zero-order chi connectivity index (χ0) is 9.84. The Morgan fingerprint density at radius 2 is 2.31 bits per heavy atom. The smallest absolute Gasteiger partial charge is 0.166 e. The number of benzene rings is 1. The van der Waals surface area contributed by atoms with Crippen LogP contribution in [0.15, 0.2) is 22.7 Å². The van der Waals surface area contributed by atoms with E-state index in [2.05, 4.69) is 15.9 Å². The summed E-state index contributed by atoms with van der Waals surface area (Å²) in [5.41, 5.74) is 5.05. The minimum atomic E-state index is -0.476. The van der Waals surface area contributed by atoms with Gasteiger partial charge in [-0.1, -0.05) is 15.9 Å². The summed E-state index contributed by atoms with van der Waals surface area (Å²) < 4.78 is 18.6. The number of halogens is 2. The second-order valence-corrected chi connectivity index (χ2v) is 3.30. The molecule has 70 valence electrons. The van der Waals surface area contributed by atoms with Crippen LogP contribution in [-0.2, 0) is 0 Å². The molecule has 0 aromatic heterocycles. The predicted octanol–water partition coefficient (Wildman–Crippen LogP) is 1.90. The minimum Gasteiger partial charge on any atom is -0.483 e. The van der Waals surface area contributed by atoms with Crippen LogP contribution in [0.4, 0.5) is 4.39 Å². The first-order valence-electron chi connectivity index (χ1n) is 3.50. The number of amidine groups is 1. The Balaban J connectivity index is 2.72. The van der Waals surface area contributed by atoms with Crippen LogP contribution < -0.4 is 10.5 Å². The summed E-state index contributed by atoms with van der Waals surface area (Å²) in [6.45, 7) is -0.0987. The highest BCUT2D eigenvalue weighted by atomic mass is 79.9. The number of hydrogen-bond donors (Lipinski definition) is 2. The van der Waals surface area contributed by atoms with E-state index in [0.29, 0.717) is 4.47 Å². The van der Waals surface area contributed by atoms with Crippen molar-refractivity contribution >= 4 is 21.8 Å². The molecule has 0 aliphatic carbocycles. The summed E-state index contributed by atoms with van der Waals surface area (Å²) in [5, 5.41) is 6.88. The molecule has 0 saturated carbocycles. The van der Waals surface area contributed by atoms with E-state index in [1.165, 1.54) is 12.1 Å². The quantitative estimate of drug-likeness (QED) is 0.633. The van der Waals surface area contributed by atoms with Gasteiger partial charge in [-0.2, -0.15) is 0 Å². The number of rotatable bonds is 3. The highest BCUT2D eigenvalue weighted by molar-refractivity contribution is 9.10. The van der Waals surface area contributed by atoms with Crippen LogP contribution in [0.2, 0.25) is 0 Å². The Hall–Kier alpha value is -1.10. The lowest BCUT2D eigenvalue weighted by Gasteiger charge is -2.05. The first-order chi connectivity index (χ1) is 6.09. The number of nitrogens with one attached hydrogen (secondary N) is 1. The maximum Gasteiger partial charge on any atom is 0.166 e. The molecule has 0 aliphatic rings. The van der Waals surface area contributed by atoms with Gasteiger partial charge >= 0.3 is 0 Å². The van der Waals surface area contributed by atoms with Gasteiger partial charge in [-0.05, 0) is 18.2 Å². The van der Waals surface area contributed by atoms with E-state index in [4.69, 9.17) is 15.9 Å². The normalized spacial score (nSPS) is 9.69. The molecule has 0 amide bonds. The molecule has 0 atom stereocenters. The molecular weight excluding hydrogens is 239 g/mol. The average Bonchev–Trinajstić information content (AvgIpc) is 2.02. The molecule has 1 aromatic carbocycles. The number of nitrogens with two attached hydrogens (primary N) is 1. The molecule has 3 N–H and O–H groups in total. The van der Waals surface area contributed by atoms with Gasteiger partial charge in [0.25, 0.3) is 0 Å². The third kappa shape index (κ3) is 3.02. The molecule has 5 heteroatoms. The minimum absolute atomic E-state index is 0.0957. The highest BCUT2D eigenvalue weighted by Gasteiger charge is 2.03. The van der Waals surface area contributed by atoms with Crippen LogP contribution in [0.5, 0.6) is 5.75 Å². The second-order valence-electron chi connectivity index (χ2n) is 2.39. The maximum absolute atomic E-state index is 13.0. The van der Waals surface area contributed by atoms with E-state index < -0.39 is 5.82 Å². The molecule has 0 unspecified atom stereocenters. The molecule has 13 heavy (non-hydrogen) atoms. The Kier molecular flexibility index (Phi) is 3.25. The SMILES string of the molecule is N=C(N)COc1ccc(Br)cc1F. The fourth-order valence-corrected chi connectivity index (χ4v) is 1.08. The van der Waals surface area contributed by atoms with E-state index in [1.807, 2.05) is 0 Å². The average molecular weight is 247 g/mol. The van der Waals surface area contributed by atoms with Crippen molar-refractivity contribution in [1.29, 1.82) is 5.41 Å². The van der Waals surface area contributed by atoms with Crippen LogP contribution in [0, 0.1) is 11.2 Å². The Labute approximate surface area is 83.3 Å². The summed E-state index contributed by atoms with van der Waals surface area (Å²) in [6, 6.07) is 4.41. The molecule has 0 bridgehead atoms. The van der Waals surface area contributed by atoms with Crippen molar-refractivity contribution in [2.75, 3.05) is 6.61 Å². The topological polar surface area (TPSA) is 59.1 Å². The van der Waals surface area contributed by atoms with Crippen molar-refractivity contribution in [3.8, 4) is 5.75 Å². The number of ether oxygens (including phenoxy) is 1. The third-order valence-corrected chi connectivity index (χ3v) is 1.77. The van der Waals surface area contributed by atoms with Gasteiger partial charge in [0.1, 0.15) is 12.4 Å². The first-order valence-corrected chi connectivity index (χ1v) is 4.29. The van der Waals surface area contributed by atoms with Gasteiger partial charge in [0.15, 0.2) is 11.6 Å². The zero-order valence-electron chi connectivity index (χ0n) is 6.68. The monoisotopic (exact) mass is 246 g/mol. The molecule has 0 saturated heterocycles. The number of hydrogen-bond acceptors (Lipinski definition) is 2. The lowest BCUT2D eigenvalue weighted by Crippen LogP contribution is -2.19. The van der Waals surface area contributed by atoms with E-state index in [0.717, 1.165) is 0 Å². The predicted molar refractivity (Wildman–Crippen MR) is 51.5 cm³/mol. The molecule has 0 heterocycles. The highest BCUT2D eigenvalue weighted by Crippen LogP contribution is 2.21. The van der Waals surface area contributed by atoms with E-state index in [9.17, 15) is 4.39 Å². The van der Waals surface area contributed by atoms with Crippen LogP contribution in [0.25, 0.3) is 0 Å². The van der Waals surface area contributed by atoms with Gasteiger partial charge < -0.3 is 10.5 Å². The Morgan fingerprint density at radius 1 is 1.62 bits per heavy atom. The van der Waals surface area contributed by atoms with Gasteiger partial charge in [0.2, 0.25) is 0 Å². The van der Waals surface area contributed by atoms with Gasteiger partial charge in [0.05, 0.1) is 0 Å². The van der Waals surface area contributed by atoms with E-state index in [-0.39, 0.29) is 18.2 Å². The fraction of sp³-hybridized carbons (Fsp3) is 0.125. The second kappa shape index (κ2) is 4.23. The van der Waals surface area contributed by atoms with Gasteiger partial charge in [-0.3, -0.25) is 5.41 Å². The lowest BCUT2D eigenvalue weighted by atomic mass is 10.3. The molecule has 0 aliphatic heterocycles. The summed E-state index contributed by atoms with van der Waals surface area (Å²) in [5.74, 6) is -0.517. The molecular formula is C8H8BrFN2O. The Bertz CT molecular complexity index is 330. The van der Waals surface area contributed by atoms with Crippen LogP contribution in [0.1, 0.15) is 0 Å². The van der Waals surface area contributed by atoms with Gasteiger partial charge in [0, 0.05) is 4.47 Å². The first kappa shape index (κ1) is 9.98. The largest absolute Gasteiger partial charge is 0.483 e. The van der Waals surface area contributed by atoms with Gasteiger partial charge in [-0.15, -0.1) is 0 Å². The van der Waals surface area contributed by atoms with Crippen molar-refractivity contribution in [3.05, 3.63) is 28.5 Å². The summed E-state index contributed by atoms with van der Waals surface area (Å²) in [6.07, 6.45) is 0. The lowest BCUT2D eigenvalue weighted by molar-refractivity contribution is 0.352. The summed E-state index contributed by atoms with van der Waals surface area (Å²) >= 11 is 3.11. The maximum atomic E-state index is 13.0. The zero-order valence-corrected chi connectivity index (χ0v) is 8.27. The molecule has 0 fully saturated rings. The standard InChI is InChI=1S/C8H8BrFN2O/c9-5-1-2-7(6(10)3-5)13-4-8(11)12/h1-3H,4H2,(H3,11,12). The molecule has 0 radical (unpaired) electrons. The molecule has 1 rings (SSSR count). The third-order valence-electron chi connectivity index (χ3n) is 1.28. The molecule has 1 aromatic rings. The molecule has 0 spiro atoms.